The van der Waals surface area contributed by atoms with Crippen LogP contribution in [0.4, 0.5) is 23.8 Å². The van der Waals surface area contributed by atoms with E-state index in [0.29, 0.717) is 0 Å². The van der Waals surface area contributed by atoms with Crippen LogP contribution in [0.25, 0.3) is 0 Å². The highest BCUT2D eigenvalue weighted by Gasteiger charge is 2.39. The predicted octanol–water partition coefficient (Wildman–Crippen LogP) is 0.283. The molecule has 80 valence electrons. The molecule has 6 nitrogen and oxygen atoms in total. The van der Waals surface area contributed by atoms with E-state index in [4.69, 9.17) is 16.7 Å². The van der Waals surface area contributed by atoms with Gasteiger partial charge in [0.15, 0.2) is 11.5 Å². The molecule has 0 aliphatic heterocycles. The van der Waals surface area contributed by atoms with E-state index in [1.807, 2.05) is 0 Å². The molecule has 1 rings (SSSR count). The number of rotatable bonds is 0. The second-order valence-electron chi connectivity index (χ2n) is 2.47. The maximum atomic E-state index is 12.3. The van der Waals surface area contributed by atoms with Gasteiger partial charge in [0.25, 0.3) is 0 Å². The average molecular weight is 219 g/mol. The maximum Gasteiger partial charge on any atom is 0.436 e. The molecule has 0 unspecified atom stereocenters. The van der Waals surface area contributed by atoms with E-state index in [9.17, 15) is 18.0 Å². The molecule has 0 aliphatic carbocycles. The molecule has 0 saturated heterocycles. The van der Waals surface area contributed by atoms with Crippen molar-refractivity contribution in [2.75, 3.05) is 5.73 Å². The van der Waals surface area contributed by atoms with Crippen LogP contribution in [0.1, 0.15) is 11.3 Å². The van der Waals surface area contributed by atoms with Crippen LogP contribution in [0.5, 0.6) is 0 Å². The Morgan fingerprint density at radius 2 is 2.07 bits per heavy atom. The van der Waals surface area contributed by atoms with Crippen molar-refractivity contribution in [1.29, 1.82) is 5.26 Å². The Morgan fingerprint density at radius 1 is 1.53 bits per heavy atom. The molecule has 0 atom stereocenters. The second-order valence-corrected chi connectivity index (χ2v) is 2.47. The van der Waals surface area contributed by atoms with E-state index in [1.54, 1.807) is 0 Å². The maximum absolute atomic E-state index is 12.3. The first kappa shape index (κ1) is 10.8. The molecule has 0 aliphatic rings. The summed E-state index contributed by atoms with van der Waals surface area (Å²) in [6, 6.07) is -0.0826. The van der Waals surface area contributed by atoms with Crippen LogP contribution in [0.15, 0.2) is 0 Å². The summed E-state index contributed by atoms with van der Waals surface area (Å²) in [5.74, 6) is -0.725. The molecule has 1 heterocycles. The van der Waals surface area contributed by atoms with Gasteiger partial charge < -0.3 is 11.5 Å². The van der Waals surface area contributed by atoms with Crippen molar-refractivity contribution >= 4 is 11.8 Å². The van der Waals surface area contributed by atoms with Gasteiger partial charge in [-0.3, -0.25) is 0 Å². The lowest BCUT2D eigenvalue weighted by Crippen LogP contribution is -2.23. The summed E-state index contributed by atoms with van der Waals surface area (Å²) in [4.78, 5) is 10.6. The Balaban J connectivity index is 3.50. The fraction of sp³-hybridized carbons (Fsp3) is 0.167. The van der Waals surface area contributed by atoms with Gasteiger partial charge in [0.05, 0.1) is 0 Å². The second kappa shape index (κ2) is 3.16. The topological polar surface area (TPSA) is 111 Å². The van der Waals surface area contributed by atoms with E-state index >= 15 is 0 Å². The van der Waals surface area contributed by atoms with Gasteiger partial charge in [-0.2, -0.15) is 28.2 Å². The molecule has 1 aromatic heterocycles. The van der Waals surface area contributed by atoms with Crippen molar-refractivity contribution in [3.05, 3.63) is 11.3 Å². The molecule has 0 spiro atoms. The average Bonchev–Trinajstić information content (AvgIpc) is 2.41. The zero-order valence-electron chi connectivity index (χ0n) is 7.04. The molecular formula is C6H4F3N5O. The van der Waals surface area contributed by atoms with Gasteiger partial charge in [-0.25, -0.2) is 4.79 Å². The number of primary amides is 1. The third-order valence-corrected chi connectivity index (χ3v) is 1.51. The van der Waals surface area contributed by atoms with Gasteiger partial charge in [-0.05, 0) is 0 Å². The summed E-state index contributed by atoms with van der Waals surface area (Å²) in [6.45, 7) is 0. The van der Waals surface area contributed by atoms with Crippen molar-refractivity contribution in [3.8, 4) is 6.07 Å². The molecule has 1 aromatic rings. The van der Waals surface area contributed by atoms with Crippen LogP contribution in [-0.2, 0) is 6.18 Å². The molecule has 0 radical (unpaired) electrons. The van der Waals surface area contributed by atoms with Gasteiger partial charge in [-0.1, -0.05) is 0 Å². The predicted molar refractivity (Wildman–Crippen MR) is 41.3 cm³/mol. The smallest absolute Gasteiger partial charge is 0.382 e. The molecule has 9 heteroatoms. The number of carbonyl (C=O) groups excluding carboxylic acids is 1. The lowest BCUT2D eigenvalue weighted by molar-refractivity contribution is -0.141. The lowest BCUT2D eigenvalue weighted by atomic mass is 10.2. The van der Waals surface area contributed by atoms with Crippen molar-refractivity contribution in [1.82, 2.24) is 9.78 Å². The zero-order valence-corrected chi connectivity index (χ0v) is 7.04. The number of anilines is 1. The van der Waals surface area contributed by atoms with Gasteiger partial charge in [0, 0.05) is 0 Å². The number of hydrogen-bond donors (Lipinski definition) is 2. The monoisotopic (exact) mass is 219 g/mol. The Hall–Kier alpha value is -2.24. The van der Waals surface area contributed by atoms with Gasteiger partial charge >= 0.3 is 12.2 Å². The summed E-state index contributed by atoms with van der Waals surface area (Å²) in [6.07, 6.45) is -4.86. The third-order valence-electron chi connectivity index (χ3n) is 1.51. The number of nitrogens with zero attached hydrogens (tertiary/aromatic N) is 3. The minimum atomic E-state index is -4.86. The van der Waals surface area contributed by atoms with Crippen LogP contribution in [0, 0.1) is 11.3 Å². The van der Waals surface area contributed by atoms with Crippen LogP contribution in [-0.4, -0.2) is 15.8 Å². The Labute approximate surface area is 80.9 Å². The molecule has 0 saturated carbocycles. The Kier molecular flexibility index (Phi) is 2.28. The first-order chi connectivity index (χ1) is 6.79. The molecule has 0 aromatic carbocycles. The van der Waals surface area contributed by atoms with Crippen LogP contribution >= 0.6 is 0 Å². The number of hydrogen-bond acceptors (Lipinski definition) is 4. The lowest BCUT2D eigenvalue weighted by Gasteiger charge is -2.00. The van der Waals surface area contributed by atoms with Crippen molar-refractivity contribution in [2.24, 2.45) is 5.73 Å². The molecular weight excluding hydrogens is 215 g/mol. The van der Waals surface area contributed by atoms with Crippen LogP contribution in [0.2, 0.25) is 0 Å². The highest BCUT2D eigenvalue weighted by molar-refractivity contribution is 5.79. The highest BCUT2D eigenvalue weighted by atomic mass is 19.4. The van der Waals surface area contributed by atoms with Crippen molar-refractivity contribution in [2.45, 2.75) is 6.18 Å². The van der Waals surface area contributed by atoms with E-state index in [0.717, 1.165) is 0 Å². The quantitative estimate of drug-likeness (QED) is 0.652. The number of alkyl halides is 3. The normalized spacial score (nSPS) is 11.1. The van der Waals surface area contributed by atoms with E-state index in [1.165, 1.54) is 6.07 Å². The van der Waals surface area contributed by atoms with E-state index < -0.39 is 29.3 Å². The summed E-state index contributed by atoms with van der Waals surface area (Å²) >= 11 is 0. The molecule has 15 heavy (non-hydrogen) atoms. The Morgan fingerprint density at radius 3 is 2.33 bits per heavy atom. The molecule has 4 N–H and O–H groups in total. The molecule has 1 amide bonds. The summed E-state index contributed by atoms with van der Waals surface area (Å²) in [5.41, 5.74) is 7.35. The molecule has 0 fully saturated rings. The SMILES string of the molecule is N#Cc1c(C(F)(F)F)nn(C(N)=O)c1N. The number of amides is 1. The number of halogens is 3. The standard InChI is InChI=1S/C6H4F3N5O/c7-6(8,9)3-2(1-10)4(11)14(13-3)5(12)15/h11H2,(H2,12,15). The van der Waals surface area contributed by atoms with Crippen LogP contribution in [0.3, 0.4) is 0 Å². The number of carbonyl (C=O) groups is 1. The van der Waals surface area contributed by atoms with Crippen molar-refractivity contribution < 1.29 is 18.0 Å². The first-order valence-electron chi connectivity index (χ1n) is 3.44. The number of aromatic nitrogens is 2. The van der Waals surface area contributed by atoms with Gasteiger partial charge in [0.1, 0.15) is 11.6 Å². The zero-order chi connectivity index (χ0) is 11.8. The van der Waals surface area contributed by atoms with E-state index in [2.05, 4.69) is 5.10 Å². The summed E-state index contributed by atoms with van der Waals surface area (Å²) in [7, 11) is 0. The number of nitrogens with two attached hydrogens (primary N) is 2. The fourth-order valence-corrected chi connectivity index (χ4v) is 0.908. The van der Waals surface area contributed by atoms with Crippen LogP contribution < -0.4 is 11.5 Å². The largest absolute Gasteiger partial charge is 0.436 e. The van der Waals surface area contributed by atoms with Crippen molar-refractivity contribution in [3.63, 3.8) is 0 Å². The number of nitriles is 1. The molecule has 0 bridgehead atoms. The minimum absolute atomic E-state index is 0.126. The summed E-state index contributed by atoms with van der Waals surface area (Å²) in [5, 5.41) is 11.2. The van der Waals surface area contributed by atoms with E-state index in [-0.39, 0.29) is 4.68 Å². The summed E-state index contributed by atoms with van der Waals surface area (Å²) < 4.78 is 36.9. The number of nitrogen functional groups attached to an aromatic ring is 1. The van der Waals surface area contributed by atoms with Gasteiger partial charge in [0.2, 0.25) is 0 Å². The first-order valence-corrected chi connectivity index (χ1v) is 3.44. The third kappa shape index (κ3) is 1.69. The minimum Gasteiger partial charge on any atom is -0.382 e. The fourth-order valence-electron chi connectivity index (χ4n) is 0.908. The Bertz CT molecular complexity index is 455. The van der Waals surface area contributed by atoms with Gasteiger partial charge in [-0.15, -0.1) is 0 Å². The highest BCUT2D eigenvalue weighted by Crippen LogP contribution is 2.32.